The number of hydrogen-bond donors (Lipinski definition) is 0. The van der Waals surface area contributed by atoms with Crippen LogP contribution in [0.3, 0.4) is 0 Å². The Labute approximate surface area is 179 Å². The van der Waals surface area contributed by atoms with Crippen molar-refractivity contribution in [1.82, 2.24) is 0 Å². The lowest BCUT2D eigenvalue weighted by atomic mass is 10.1. The van der Waals surface area contributed by atoms with Gasteiger partial charge in [0.1, 0.15) is 17.5 Å². The molecule has 0 aromatic heterocycles. The van der Waals surface area contributed by atoms with Crippen LogP contribution >= 0.6 is 11.8 Å². The predicted octanol–water partition coefficient (Wildman–Crippen LogP) is 6.58. The molecule has 0 aliphatic rings. The minimum Gasteiger partial charge on any atom is -0.206 e. The molecule has 0 unspecified atom stereocenters. The molecule has 3 aromatic rings. The second kappa shape index (κ2) is 10.1. The number of rotatable bonds is 3. The summed E-state index contributed by atoms with van der Waals surface area (Å²) in [7, 11) is 0. The molecule has 0 spiro atoms. The van der Waals surface area contributed by atoms with Crippen LogP contribution in [0.1, 0.15) is 41.2 Å². The van der Waals surface area contributed by atoms with Gasteiger partial charge < -0.3 is 0 Å². The SMILES string of the molecule is CCCc1cc(F)c(C#Cc2ccc(C#Cc3ccc(SC)cc3)c(F)c2)c(F)c1. The first kappa shape index (κ1) is 21.6. The van der Waals surface area contributed by atoms with E-state index in [1.807, 2.05) is 37.4 Å². The van der Waals surface area contributed by atoms with Crippen molar-refractivity contribution in [3.63, 3.8) is 0 Å². The van der Waals surface area contributed by atoms with Crippen molar-refractivity contribution in [3.8, 4) is 23.7 Å². The Morgan fingerprint density at radius 3 is 1.97 bits per heavy atom. The molecule has 30 heavy (non-hydrogen) atoms. The lowest BCUT2D eigenvalue weighted by Gasteiger charge is -2.02. The molecule has 3 rings (SSSR count). The maximum atomic E-state index is 14.4. The lowest BCUT2D eigenvalue weighted by molar-refractivity contribution is 0.573. The molecule has 0 amide bonds. The summed E-state index contributed by atoms with van der Waals surface area (Å²) in [5.41, 5.74) is 1.62. The van der Waals surface area contributed by atoms with Gasteiger partial charge in [0.2, 0.25) is 0 Å². The Kier molecular flexibility index (Phi) is 7.28. The maximum absolute atomic E-state index is 14.4. The van der Waals surface area contributed by atoms with Crippen molar-refractivity contribution in [2.45, 2.75) is 24.7 Å². The molecule has 0 nitrogen and oxygen atoms in total. The fourth-order valence-electron chi connectivity index (χ4n) is 2.82. The molecule has 0 atom stereocenters. The summed E-state index contributed by atoms with van der Waals surface area (Å²) < 4.78 is 42.7. The zero-order chi connectivity index (χ0) is 21.5. The molecule has 0 fully saturated rings. The van der Waals surface area contributed by atoms with E-state index in [-0.39, 0.29) is 11.1 Å². The minimum absolute atomic E-state index is 0.232. The van der Waals surface area contributed by atoms with E-state index in [0.29, 0.717) is 17.5 Å². The van der Waals surface area contributed by atoms with Gasteiger partial charge in [-0.1, -0.05) is 37.0 Å². The van der Waals surface area contributed by atoms with Crippen LogP contribution in [0.2, 0.25) is 0 Å². The van der Waals surface area contributed by atoms with Gasteiger partial charge in [0.15, 0.2) is 0 Å². The van der Waals surface area contributed by atoms with E-state index >= 15 is 0 Å². The summed E-state index contributed by atoms with van der Waals surface area (Å²) in [5.74, 6) is 8.89. The third-order valence-corrected chi connectivity index (χ3v) is 5.12. The minimum atomic E-state index is -0.707. The van der Waals surface area contributed by atoms with Crippen molar-refractivity contribution < 1.29 is 13.2 Å². The quantitative estimate of drug-likeness (QED) is 0.341. The van der Waals surface area contributed by atoms with Gasteiger partial charge in [-0.05, 0) is 72.8 Å². The average molecular weight is 420 g/mol. The molecular formula is C26H19F3S. The predicted molar refractivity (Wildman–Crippen MR) is 117 cm³/mol. The smallest absolute Gasteiger partial charge is 0.142 e. The van der Waals surface area contributed by atoms with E-state index in [1.54, 1.807) is 17.8 Å². The molecule has 4 heteroatoms. The van der Waals surface area contributed by atoms with Crippen molar-refractivity contribution in [1.29, 1.82) is 0 Å². The molecule has 0 bridgehead atoms. The molecule has 150 valence electrons. The van der Waals surface area contributed by atoms with E-state index in [4.69, 9.17) is 0 Å². The monoisotopic (exact) mass is 420 g/mol. The second-order valence-electron chi connectivity index (χ2n) is 6.61. The van der Waals surface area contributed by atoms with Gasteiger partial charge in [-0.25, -0.2) is 13.2 Å². The van der Waals surface area contributed by atoms with Crippen LogP contribution in [0, 0.1) is 41.1 Å². The van der Waals surface area contributed by atoms with Crippen LogP contribution in [-0.2, 0) is 6.42 Å². The highest BCUT2D eigenvalue weighted by Crippen LogP contribution is 2.17. The van der Waals surface area contributed by atoms with E-state index in [2.05, 4.69) is 23.7 Å². The largest absolute Gasteiger partial charge is 0.206 e. The van der Waals surface area contributed by atoms with E-state index in [1.165, 1.54) is 24.3 Å². The first-order valence-corrected chi connectivity index (χ1v) is 10.7. The third-order valence-electron chi connectivity index (χ3n) is 4.37. The number of thioether (sulfide) groups is 1. The molecule has 3 aromatic carbocycles. The summed E-state index contributed by atoms with van der Waals surface area (Å²) in [6, 6.07) is 14.6. The number of aryl methyl sites for hydroxylation is 1. The fraction of sp³-hybridized carbons (Fsp3) is 0.154. The molecule has 0 heterocycles. The third kappa shape index (κ3) is 5.50. The maximum Gasteiger partial charge on any atom is 0.142 e. The Balaban J connectivity index is 1.81. The average Bonchev–Trinajstić information content (AvgIpc) is 2.73. The van der Waals surface area contributed by atoms with Crippen LogP contribution in [-0.4, -0.2) is 6.26 Å². The van der Waals surface area contributed by atoms with Gasteiger partial charge in [-0.3, -0.25) is 0 Å². The summed E-state index contributed by atoms with van der Waals surface area (Å²) in [6.07, 6.45) is 3.38. The first-order valence-electron chi connectivity index (χ1n) is 9.45. The molecule has 0 aliphatic heterocycles. The molecule has 0 radical (unpaired) electrons. The van der Waals surface area contributed by atoms with Crippen LogP contribution in [0.25, 0.3) is 0 Å². The van der Waals surface area contributed by atoms with Crippen molar-refractivity contribution in [2.75, 3.05) is 6.26 Å². The zero-order valence-corrected chi connectivity index (χ0v) is 17.5. The van der Waals surface area contributed by atoms with E-state index < -0.39 is 17.5 Å². The highest BCUT2D eigenvalue weighted by Gasteiger charge is 2.09. The molecule has 0 aliphatic carbocycles. The standard InChI is InChI=1S/C26H19F3S/c1-3-4-20-16-25(28)23(26(29)17-20)14-9-19-6-11-21(24(27)15-19)10-5-18-7-12-22(30-2)13-8-18/h6-8,11-13,15-17H,3-4H2,1-2H3. The van der Waals surface area contributed by atoms with Crippen LogP contribution < -0.4 is 0 Å². The Hall–Kier alpha value is -3.08. The van der Waals surface area contributed by atoms with Gasteiger partial charge in [0.05, 0.1) is 11.1 Å². The molecule has 0 saturated heterocycles. The number of benzene rings is 3. The van der Waals surface area contributed by atoms with Gasteiger partial charge in [0.25, 0.3) is 0 Å². The molecule has 0 saturated carbocycles. The Bertz CT molecular complexity index is 1150. The molecule has 0 N–H and O–H groups in total. The summed E-state index contributed by atoms with van der Waals surface area (Å²) in [5, 5.41) is 0. The van der Waals surface area contributed by atoms with E-state index in [9.17, 15) is 13.2 Å². The summed E-state index contributed by atoms with van der Waals surface area (Å²) >= 11 is 1.64. The Morgan fingerprint density at radius 2 is 1.37 bits per heavy atom. The van der Waals surface area contributed by atoms with Crippen molar-refractivity contribution >= 4 is 11.8 Å². The highest BCUT2D eigenvalue weighted by molar-refractivity contribution is 7.98. The normalized spacial score (nSPS) is 10.0. The van der Waals surface area contributed by atoms with Crippen LogP contribution in [0.15, 0.2) is 59.5 Å². The number of hydrogen-bond acceptors (Lipinski definition) is 1. The van der Waals surface area contributed by atoms with Crippen LogP contribution in [0.4, 0.5) is 13.2 Å². The number of halogens is 3. The summed E-state index contributed by atoms with van der Waals surface area (Å²) in [4.78, 5) is 1.13. The first-order chi connectivity index (χ1) is 14.5. The summed E-state index contributed by atoms with van der Waals surface area (Å²) in [6.45, 7) is 1.94. The molecular weight excluding hydrogens is 401 g/mol. The van der Waals surface area contributed by atoms with Gasteiger partial charge >= 0.3 is 0 Å². The Morgan fingerprint density at radius 1 is 0.733 bits per heavy atom. The van der Waals surface area contributed by atoms with Crippen molar-refractivity contribution in [3.05, 3.63) is 99.9 Å². The lowest BCUT2D eigenvalue weighted by Crippen LogP contribution is -1.95. The van der Waals surface area contributed by atoms with Gasteiger partial charge in [-0.15, -0.1) is 11.8 Å². The van der Waals surface area contributed by atoms with Crippen LogP contribution in [0.5, 0.6) is 0 Å². The second-order valence-corrected chi connectivity index (χ2v) is 7.49. The topological polar surface area (TPSA) is 0 Å². The fourth-order valence-corrected chi connectivity index (χ4v) is 3.23. The van der Waals surface area contributed by atoms with Crippen molar-refractivity contribution in [2.24, 2.45) is 0 Å². The zero-order valence-electron chi connectivity index (χ0n) is 16.7. The highest BCUT2D eigenvalue weighted by atomic mass is 32.2. The van der Waals surface area contributed by atoms with Gasteiger partial charge in [-0.2, -0.15) is 0 Å². The van der Waals surface area contributed by atoms with E-state index in [0.717, 1.165) is 16.9 Å². The van der Waals surface area contributed by atoms with Gasteiger partial charge in [0, 0.05) is 16.0 Å².